The molecule has 0 bridgehead atoms. The highest BCUT2D eigenvalue weighted by atomic mass is 32.1. The van der Waals surface area contributed by atoms with E-state index in [1.165, 1.54) is 23.5 Å². The molecule has 2 N–H and O–H groups in total. The summed E-state index contributed by atoms with van der Waals surface area (Å²) in [5.74, 6) is 0.851. The molecule has 0 unspecified atom stereocenters. The molecule has 0 saturated carbocycles. The van der Waals surface area contributed by atoms with Gasteiger partial charge in [-0.05, 0) is 38.4 Å². The van der Waals surface area contributed by atoms with Crippen LogP contribution in [-0.4, -0.2) is 62.2 Å². The molecular weight excluding hydrogens is 368 g/mol. The first-order valence-corrected chi connectivity index (χ1v) is 10.9. The van der Waals surface area contributed by atoms with E-state index >= 15 is 0 Å². The van der Waals surface area contributed by atoms with Crippen LogP contribution in [0, 0.1) is 6.92 Å². The van der Waals surface area contributed by atoms with E-state index < -0.39 is 0 Å². The van der Waals surface area contributed by atoms with Gasteiger partial charge in [-0.25, -0.2) is 4.98 Å². The first-order chi connectivity index (χ1) is 13.7. The van der Waals surface area contributed by atoms with Crippen molar-refractivity contribution in [3.05, 3.63) is 46.4 Å². The quantitative estimate of drug-likeness (QED) is 0.405. The maximum Gasteiger partial charge on any atom is 0.191 e. The third-order valence-electron chi connectivity index (χ3n) is 4.99. The molecule has 0 spiro atoms. The number of hydrogen-bond acceptors (Lipinski definition) is 5. The first kappa shape index (κ1) is 20.6. The number of para-hydroxylation sites is 1. The van der Waals surface area contributed by atoms with E-state index in [9.17, 15) is 0 Å². The van der Waals surface area contributed by atoms with E-state index in [0.717, 1.165) is 56.7 Å². The molecule has 0 aliphatic carbocycles. The van der Waals surface area contributed by atoms with Gasteiger partial charge in [-0.15, -0.1) is 11.3 Å². The molecule has 2 aromatic rings. The summed E-state index contributed by atoms with van der Waals surface area (Å²) >= 11 is 1.72. The number of hydrogen-bond donors (Lipinski definition) is 2. The summed E-state index contributed by atoms with van der Waals surface area (Å²) in [5.41, 5.74) is 1.35. The number of guanidine groups is 1. The van der Waals surface area contributed by atoms with Gasteiger partial charge < -0.3 is 15.5 Å². The number of thiazole rings is 1. The molecule has 2 heterocycles. The molecule has 152 valence electrons. The first-order valence-electron chi connectivity index (χ1n) is 10.1. The van der Waals surface area contributed by atoms with Crippen LogP contribution in [0.15, 0.2) is 41.5 Å². The standard InChI is InChI=1S/C21H32N6S/c1-18-16-24-20(28-18)17-25-21(22-2)23-10-6-7-11-26-12-14-27(15-13-26)19-8-4-3-5-9-19/h3-5,8-9,16H,6-7,10-15,17H2,1-2H3,(H2,22,23,25). The van der Waals surface area contributed by atoms with Crippen molar-refractivity contribution in [1.82, 2.24) is 20.5 Å². The number of aryl methyl sites for hydroxylation is 1. The number of aromatic nitrogens is 1. The van der Waals surface area contributed by atoms with Gasteiger partial charge >= 0.3 is 0 Å². The lowest BCUT2D eigenvalue weighted by Gasteiger charge is -2.36. The molecule has 1 aliphatic rings. The molecule has 1 aliphatic heterocycles. The van der Waals surface area contributed by atoms with Crippen molar-refractivity contribution in [1.29, 1.82) is 0 Å². The maximum absolute atomic E-state index is 4.37. The second kappa shape index (κ2) is 11.0. The Morgan fingerprint density at radius 1 is 1.11 bits per heavy atom. The highest BCUT2D eigenvalue weighted by Crippen LogP contribution is 2.15. The van der Waals surface area contributed by atoms with Gasteiger partial charge in [0.15, 0.2) is 5.96 Å². The largest absolute Gasteiger partial charge is 0.369 e. The zero-order valence-corrected chi connectivity index (χ0v) is 17.8. The Kier molecular flexibility index (Phi) is 8.11. The highest BCUT2D eigenvalue weighted by molar-refractivity contribution is 7.11. The number of nitrogens with one attached hydrogen (secondary N) is 2. The van der Waals surface area contributed by atoms with Gasteiger partial charge in [0.2, 0.25) is 0 Å². The van der Waals surface area contributed by atoms with E-state index in [4.69, 9.17) is 0 Å². The Morgan fingerprint density at radius 3 is 2.57 bits per heavy atom. The van der Waals surface area contributed by atoms with E-state index in [1.54, 1.807) is 11.3 Å². The van der Waals surface area contributed by atoms with Crippen LogP contribution in [0.1, 0.15) is 22.7 Å². The van der Waals surface area contributed by atoms with Crippen LogP contribution < -0.4 is 15.5 Å². The third-order valence-corrected chi connectivity index (χ3v) is 5.90. The number of anilines is 1. The molecule has 0 radical (unpaired) electrons. The van der Waals surface area contributed by atoms with Crippen molar-refractivity contribution < 1.29 is 0 Å². The van der Waals surface area contributed by atoms with Gasteiger partial charge in [-0.1, -0.05) is 18.2 Å². The average Bonchev–Trinajstić information content (AvgIpc) is 3.16. The molecule has 1 fully saturated rings. The average molecular weight is 401 g/mol. The van der Waals surface area contributed by atoms with Crippen molar-refractivity contribution in [2.75, 3.05) is 51.2 Å². The van der Waals surface area contributed by atoms with Crippen LogP contribution in [0.5, 0.6) is 0 Å². The number of piperazine rings is 1. The number of nitrogens with zero attached hydrogens (tertiary/aromatic N) is 4. The highest BCUT2D eigenvalue weighted by Gasteiger charge is 2.16. The van der Waals surface area contributed by atoms with E-state index in [2.05, 4.69) is 67.7 Å². The molecule has 1 aromatic carbocycles. The molecular formula is C21H32N6S. The van der Waals surface area contributed by atoms with Crippen molar-refractivity contribution in [2.45, 2.75) is 26.3 Å². The summed E-state index contributed by atoms with van der Waals surface area (Å²) in [6.07, 6.45) is 4.27. The van der Waals surface area contributed by atoms with Crippen LogP contribution >= 0.6 is 11.3 Å². The fraction of sp³-hybridized carbons (Fsp3) is 0.524. The summed E-state index contributed by atoms with van der Waals surface area (Å²) in [4.78, 5) is 15.0. The fourth-order valence-corrected chi connectivity index (χ4v) is 4.13. The zero-order chi connectivity index (χ0) is 19.6. The molecule has 3 rings (SSSR count). The zero-order valence-electron chi connectivity index (χ0n) is 17.0. The SMILES string of the molecule is CN=C(NCCCCN1CCN(c2ccccc2)CC1)NCc1ncc(C)s1. The number of aliphatic imine (C=N–C) groups is 1. The van der Waals surface area contributed by atoms with Crippen LogP contribution in [0.3, 0.4) is 0 Å². The van der Waals surface area contributed by atoms with Gasteiger partial charge in [-0.2, -0.15) is 0 Å². The lowest BCUT2D eigenvalue weighted by molar-refractivity contribution is 0.253. The Morgan fingerprint density at radius 2 is 1.89 bits per heavy atom. The molecule has 0 amide bonds. The Hall–Kier alpha value is -2.12. The van der Waals surface area contributed by atoms with Gasteiger partial charge in [0.1, 0.15) is 5.01 Å². The minimum Gasteiger partial charge on any atom is -0.369 e. The van der Waals surface area contributed by atoms with Gasteiger partial charge in [0, 0.05) is 56.5 Å². The lowest BCUT2D eigenvalue weighted by atomic mass is 10.2. The van der Waals surface area contributed by atoms with Gasteiger partial charge in [-0.3, -0.25) is 9.89 Å². The number of benzene rings is 1. The van der Waals surface area contributed by atoms with Crippen LogP contribution in [0.2, 0.25) is 0 Å². The molecule has 1 saturated heterocycles. The molecule has 28 heavy (non-hydrogen) atoms. The Labute approximate surface area is 172 Å². The smallest absolute Gasteiger partial charge is 0.191 e. The minimum absolute atomic E-state index is 0.726. The van der Waals surface area contributed by atoms with E-state index in [1.807, 2.05) is 13.2 Å². The van der Waals surface area contributed by atoms with E-state index in [0.29, 0.717) is 0 Å². The molecule has 0 atom stereocenters. The summed E-state index contributed by atoms with van der Waals surface area (Å²) < 4.78 is 0. The second-order valence-electron chi connectivity index (χ2n) is 7.09. The van der Waals surface area contributed by atoms with Gasteiger partial charge in [0.25, 0.3) is 0 Å². The second-order valence-corrected chi connectivity index (χ2v) is 8.41. The summed E-state index contributed by atoms with van der Waals surface area (Å²) in [7, 11) is 1.81. The summed E-state index contributed by atoms with van der Waals surface area (Å²) in [5, 5.41) is 7.83. The normalized spacial score (nSPS) is 15.6. The lowest BCUT2D eigenvalue weighted by Crippen LogP contribution is -2.46. The number of unbranched alkanes of at least 4 members (excludes halogenated alkanes) is 1. The topological polar surface area (TPSA) is 55.8 Å². The van der Waals surface area contributed by atoms with E-state index in [-0.39, 0.29) is 0 Å². The molecule has 7 heteroatoms. The Bertz CT molecular complexity index is 722. The summed E-state index contributed by atoms with van der Waals surface area (Å²) in [6.45, 7) is 9.47. The fourth-order valence-electron chi connectivity index (χ4n) is 3.40. The van der Waals surface area contributed by atoms with Crippen molar-refractivity contribution in [3.8, 4) is 0 Å². The van der Waals surface area contributed by atoms with Gasteiger partial charge in [0.05, 0.1) is 6.54 Å². The predicted octanol–water partition coefficient (Wildman–Crippen LogP) is 2.72. The van der Waals surface area contributed by atoms with Crippen LogP contribution in [0.25, 0.3) is 0 Å². The van der Waals surface area contributed by atoms with Crippen LogP contribution in [-0.2, 0) is 6.54 Å². The van der Waals surface area contributed by atoms with Crippen molar-refractivity contribution in [2.24, 2.45) is 4.99 Å². The molecule has 6 nitrogen and oxygen atoms in total. The summed E-state index contributed by atoms with van der Waals surface area (Å²) in [6, 6.07) is 10.7. The monoisotopic (exact) mass is 400 g/mol. The van der Waals surface area contributed by atoms with Crippen LogP contribution in [0.4, 0.5) is 5.69 Å². The predicted molar refractivity (Wildman–Crippen MR) is 119 cm³/mol. The third kappa shape index (κ3) is 6.49. The minimum atomic E-state index is 0.726. The molecule has 1 aromatic heterocycles. The Balaban J connectivity index is 1.25. The van der Waals surface area contributed by atoms with Crippen molar-refractivity contribution in [3.63, 3.8) is 0 Å². The maximum atomic E-state index is 4.37. The van der Waals surface area contributed by atoms with Crippen molar-refractivity contribution >= 4 is 23.0 Å². The number of rotatable bonds is 8.